The monoisotopic (exact) mass is 432 g/mol. The zero-order valence-electron chi connectivity index (χ0n) is 18.7. The molecule has 1 fully saturated rings. The van der Waals surface area contributed by atoms with Crippen molar-refractivity contribution in [2.45, 2.75) is 64.5 Å². The summed E-state index contributed by atoms with van der Waals surface area (Å²) in [5.41, 5.74) is 2.21. The van der Waals surface area contributed by atoms with E-state index in [1.807, 2.05) is 36.4 Å². The first-order valence-corrected chi connectivity index (χ1v) is 11.7. The Morgan fingerprint density at radius 1 is 1.06 bits per heavy atom. The standard InChI is InChI=1S/C25H32N6O/c1-2-3-15-26-25-28-17-21(23(31-25)30-19-10-5-4-6-11-19)24(32)27-16-20-14-13-18-9-7-8-12-22(18)29-20/h7-9,12-14,17,19H,2-6,10-11,15-16H2,1H3,(H,27,32)(H2,26,28,30,31). The first-order valence-electron chi connectivity index (χ1n) is 11.7. The molecule has 0 unspecified atom stereocenters. The number of amides is 1. The van der Waals surface area contributed by atoms with Crippen molar-refractivity contribution in [3.05, 3.63) is 53.9 Å². The molecule has 0 saturated heterocycles. The van der Waals surface area contributed by atoms with E-state index in [2.05, 4.69) is 37.8 Å². The van der Waals surface area contributed by atoms with Gasteiger partial charge in [-0.2, -0.15) is 4.98 Å². The number of nitrogens with zero attached hydrogens (tertiary/aromatic N) is 3. The third-order valence-corrected chi connectivity index (χ3v) is 5.88. The number of nitrogens with one attached hydrogen (secondary N) is 3. The van der Waals surface area contributed by atoms with Crippen molar-refractivity contribution in [1.82, 2.24) is 20.3 Å². The Bertz CT molecular complexity index is 1050. The van der Waals surface area contributed by atoms with Crippen LogP contribution in [0.5, 0.6) is 0 Å². The number of pyridine rings is 1. The number of hydrogen-bond acceptors (Lipinski definition) is 6. The van der Waals surface area contributed by atoms with Gasteiger partial charge in [-0.25, -0.2) is 4.98 Å². The Hall–Kier alpha value is -3.22. The van der Waals surface area contributed by atoms with Gasteiger partial charge >= 0.3 is 0 Å². The van der Waals surface area contributed by atoms with Crippen molar-refractivity contribution >= 4 is 28.6 Å². The highest BCUT2D eigenvalue weighted by molar-refractivity contribution is 5.98. The van der Waals surface area contributed by atoms with Gasteiger partial charge in [0.05, 0.1) is 17.8 Å². The molecule has 32 heavy (non-hydrogen) atoms. The van der Waals surface area contributed by atoms with Gasteiger partial charge in [-0.15, -0.1) is 0 Å². The zero-order valence-corrected chi connectivity index (χ0v) is 18.7. The molecule has 1 saturated carbocycles. The largest absolute Gasteiger partial charge is 0.367 e. The molecule has 0 bridgehead atoms. The number of para-hydroxylation sites is 1. The molecule has 0 radical (unpaired) electrons. The number of aromatic nitrogens is 3. The summed E-state index contributed by atoms with van der Waals surface area (Å²) < 4.78 is 0. The summed E-state index contributed by atoms with van der Waals surface area (Å²) in [6.45, 7) is 3.32. The lowest BCUT2D eigenvalue weighted by atomic mass is 9.95. The highest BCUT2D eigenvalue weighted by Gasteiger charge is 2.20. The first-order chi connectivity index (χ1) is 15.7. The molecular weight excluding hydrogens is 400 g/mol. The van der Waals surface area contributed by atoms with Crippen molar-refractivity contribution in [3.8, 4) is 0 Å². The van der Waals surface area contributed by atoms with Crippen molar-refractivity contribution in [2.75, 3.05) is 17.2 Å². The smallest absolute Gasteiger partial charge is 0.256 e. The minimum atomic E-state index is -0.196. The van der Waals surface area contributed by atoms with Crippen LogP contribution in [-0.4, -0.2) is 33.4 Å². The zero-order chi connectivity index (χ0) is 22.2. The second kappa shape index (κ2) is 10.9. The highest BCUT2D eigenvalue weighted by Crippen LogP contribution is 2.23. The lowest BCUT2D eigenvalue weighted by Gasteiger charge is -2.24. The maximum Gasteiger partial charge on any atom is 0.256 e. The van der Waals surface area contributed by atoms with Crippen LogP contribution in [0.25, 0.3) is 10.9 Å². The van der Waals surface area contributed by atoms with E-state index in [4.69, 9.17) is 0 Å². The maximum absolute atomic E-state index is 13.0. The fourth-order valence-electron chi connectivity index (χ4n) is 4.03. The summed E-state index contributed by atoms with van der Waals surface area (Å²) in [7, 11) is 0. The number of hydrogen-bond donors (Lipinski definition) is 3. The fraction of sp³-hybridized carbons (Fsp3) is 0.440. The first kappa shape index (κ1) is 22.0. The van der Waals surface area contributed by atoms with Crippen LogP contribution in [0.4, 0.5) is 11.8 Å². The summed E-state index contributed by atoms with van der Waals surface area (Å²) in [4.78, 5) is 26.7. The highest BCUT2D eigenvalue weighted by atomic mass is 16.1. The normalized spacial score (nSPS) is 14.3. The van der Waals surface area contributed by atoms with Crippen LogP contribution in [0.2, 0.25) is 0 Å². The molecule has 1 aromatic carbocycles. The van der Waals surface area contributed by atoms with Gasteiger partial charge < -0.3 is 16.0 Å². The van der Waals surface area contributed by atoms with E-state index >= 15 is 0 Å². The molecule has 3 N–H and O–H groups in total. The Balaban J connectivity index is 1.48. The lowest BCUT2D eigenvalue weighted by Crippen LogP contribution is -2.28. The van der Waals surface area contributed by atoms with Gasteiger partial charge in [-0.3, -0.25) is 9.78 Å². The van der Waals surface area contributed by atoms with Crippen LogP contribution >= 0.6 is 0 Å². The van der Waals surface area contributed by atoms with Gasteiger partial charge in [0.1, 0.15) is 11.4 Å². The van der Waals surface area contributed by atoms with E-state index in [0.29, 0.717) is 29.9 Å². The molecule has 0 atom stereocenters. The van der Waals surface area contributed by atoms with E-state index in [-0.39, 0.29) is 5.91 Å². The molecule has 4 rings (SSSR count). The molecule has 3 aromatic rings. The Labute approximate surface area is 189 Å². The van der Waals surface area contributed by atoms with E-state index in [9.17, 15) is 4.79 Å². The number of anilines is 2. The molecule has 0 spiro atoms. The van der Waals surface area contributed by atoms with Gasteiger partial charge in [-0.05, 0) is 31.4 Å². The number of unbranched alkanes of at least 4 members (excludes halogenated alkanes) is 1. The number of carbonyl (C=O) groups excluding carboxylic acids is 1. The SMILES string of the molecule is CCCCNc1ncc(C(=O)NCc2ccc3ccccc3n2)c(NC2CCCCC2)n1. The molecule has 2 heterocycles. The predicted octanol–water partition coefficient (Wildman–Crippen LogP) is 4.91. The fourth-order valence-corrected chi connectivity index (χ4v) is 4.03. The Kier molecular flexibility index (Phi) is 7.48. The Morgan fingerprint density at radius 2 is 1.91 bits per heavy atom. The van der Waals surface area contributed by atoms with Crippen LogP contribution in [0.1, 0.15) is 67.9 Å². The third-order valence-electron chi connectivity index (χ3n) is 5.88. The van der Waals surface area contributed by atoms with Crippen LogP contribution in [0.3, 0.4) is 0 Å². The molecule has 7 nitrogen and oxygen atoms in total. The topological polar surface area (TPSA) is 91.8 Å². The van der Waals surface area contributed by atoms with Crippen molar-refractivity contribution in [2.24, 2.45) is 0 Å². The Morgan fingerprint density at radius 3 is 2.75 bits per heavy atom. The van der Waals surface area contributed by atoms with Gasteiger partial charge in [0.25, 0.3) is 5.91 Å². The molecule has 7 heteroatoms. The minimum Gasteiger partial charge on any atom is -0.367 e. The predicted molar refractivity (Wildman–Crippen MR) is 129 cm³/mol. The molecule has 1 amide bonds. The average Bonchev–Trinajstić information content (AvgIpc) is 2.83. The van der Waals surface area contributed by atoms with Crippen molar-refractivity contribution < 1.29 is 4.79 Å². The van der Waals surface area contributed by atoms with Gasteiger partial charge in [0, 0.05) is 24.2 Å². The molecule has 1 aliphatic carbocycles. The second-order valence-electron chi connectivity index (χ2n) is 8.39. The number of rotatable bonds is 9. The van der Waals surface area contributed by atoms with Crippen LogP contribution in [0.15, 0.2) is 42.6 Å². The van der Waals surface area contributed by atoms with Gasteiger partial charge in [-0.1, -0.05) is 56.9 Å². The second-order valence-corrected chi connectivity index (χ2v) is 8.39. The van der Waals surface area contributed by atoms with Crippen LogP contribution in [-0.2, 0) is 6.54 Å². The number of benzene rings is 1. The molecule has 2 aromatic heterocycles. The van der Waals surface area contributed by atoms with Gasteiger partial charge in [0.2, 0.25) is 5.95 Å². The van der Waals surface area contributed by atoms with E-state index < -0.39 is 0 Å². The quantitative estimate of drug-likeness (QED) is 0.416. The summed E-state index contributed by atoms with van der Waals surface area (Å²) in [6.07, 6.45) is 9.67. The van der Waals surface area contributed by atoms with E-state index in [0.717, 1.165) is 48.8 Å². The average molecular weight is 433 g/mol. The maximum atomic E-state index is 13.0. The lowest BCUT2D eigenvalue weighted by molar-refractivity contribution is 0.0950. The summed E-state index contributed by atoms with van der Waals surface area (Å²) in [5.74, 6) is 0.970. The molecular formula is C25H32N6O. The number of carbonyl (C=O) groups is 1. The van der Waals surface area contributed by atoms with Crippen molar-refractivity contribution in [1.29, 1.82) is 0 Å². The van der Waals surface area contributed by atoms with Crippen LogP contribution in [0, 0.1) is 0 Å². The minimum absolute atomic E-state index is 0.196. The summed E-state index contributed by atoms with van der Waals surface area (Å²) in [5, 5.41) is 10.8. The molecule has 168 valence electrons. The molecule has 1 aliphatic rings. The van der Waals surface area contributed by atoms with E-state index in [1.165, 1.54) is 19.3 Å². The summed E-state index contributed by atoms with van der Waals surface area (Å²) >= 11 is 0. The summed E-state index contributed by atoms with van der Waals surface area (Å²) in [6, 6.07) is 12.3. The molecule has 0 aliphatic heterocycles. The van der Waals surface area contributed by atoms with Crippen molar-refractivity contribution in [3.63, 3.8) is 0 Å². The third kappa shape index (κ3) is 5.72. The number of fused-ring (bicyclic) bond motifs is 1. The van der Waals surface area contributed by atoms with Gasteiger partial charge in [0.15, 0.2) is 0 Å². The van der Waals surface area contributed by atoms with E-state index in [1.54, 1.807) is 6.20 Å². The van der Waals surface area contributed by atoms with Crippen LogP contribution < -0.4 is 16.0 Å².